The van der Waals surface area contributed by atoms with Crippen molar-refractivity contribution in [2.24, 2.45) is 5.10 Å². The van der Waals surface area contributed by atoms with E-state index >= 15 is 0 Å². The van der Waals surface area contributed by atoms with Crippen molar-refractivity contribution in [2.45, 2.75) is 0 Å². The molecule has 0 bridgehead atoms. The number of nitrogens with one attached hydrogen (secondary N) is 2. The molecule has 0 saturated carbocycles. The summed E-state index contributed by atoms with van der Waals surface area (Å²) in [5.41, 5.74) is 2.53. The minimum Gasteiger partial charge on any atom is -0.383 e. The summed E-state index contributed by atoms with van der Waals surface area (Å²) in [5.74, 6) is -1.69. The molecule has 6 nitrogen and oxygen atoms in total. The number of carbonyl (C=O) groups excluding carboxylic acids is 2. The second-order valence-corrected chi connectivity index (χ2v) is 4.40. The van der Waals surface area contributed by atoms with E-state index in [9.17, 15) is 9.59 Å². The highest BCUT2D eigenvalue weighted by atomic mass is 35.5. The zero-order valence-electron chi connectivity index (χ0n) is 10.7. The van der Waals surface area contributed by atoms with Gasteiger partial charge in [-0.25, -0.2) is 5.43 Å². The van der Waals surface area contributed by atoms with Gasteiger partial charge in [-0.15, -0.1) is 0 Å². The first-order valence-corrected chi connectivity index (χ1v) is 6.36. The van der Waals surface area contributed by atoms with Crippen molar-refractivity contribution in [3.63, 3.8) is 0 Å². The van der Waals surface area contributed by atoms with Crippen LogP contribution < -0.4 is 10.7 Å². The van der Waals surface area contributed by atoms with Gasteiger partial charge in [-0.1, -0.05) is 29.3 Å². The Labute approximate surface area is 126 Å². The van der Waals surface area contributed by atoms with Crippen molar-refractivity contribution in [3.05, 3.63) is 33.8 Å². The lowest BCUT2D eigenvalue weighted by Crippen LogP contribution is -2.39. The molecule has 2 amide bonds. The van der Waals surface area contributed by atoms with Gasteiger partial charge in [-0.05, 0) is 12.1 Å². The van der Waals surface area contributed by atoms with Gasteiger partial charge >= 0.3 is 11.8 Å². The van der Waals surface area contributed by atoms with Crippen LogP contribution >= 0.6 is 23.2 Å². The van der Waals surface area contributed by atoms with Crippen LogP contribution in [-0.2, 0) is 14.3 Å². The number of hydrogen-bond acceptors (Lipinski definition) is 4. The second-order valence-electron chi connectivity index (χ2n) is 3.58. The zero-order valence-corrected chi connectivity index (χ0v) is 12.2. The van der Waals surface area contributed by atoms with Crippen LogP contribution in [0.15, 0.2) is 23.3 Å². The summed E-state index contributed by atoms with van der Waals surface area (Å²) in [5, 5.41) is 6.76. The molecule has 0 heterocycles. The van der Waals surface area contributed by atoms with Gasteiger partial charge in [0.1, 0.15) is 0 Å². The lowest BCUT2D eigenvalue weighted by atomic mass is 10.2. The Morgan fingerprint density at radius 2 is 1.95 bits per heavy atom. The van der Waals surface area contributed by atoms with Crippen molar-refractivity contribution in [2.75, 3.05) is 20.3 Å². The fraction of sp³-hybridized carbons (Fsp3) is 0.250. The summed E-state index contributed by atoms with van der Waals surface area (Å²) in [6.45, 7) is 0.556. The van der Waals surface area contributed by atoms with E-state index < -0.39 is 11.8 Å². The maximum Gasteiger partial charge on any atom is 0.329 e. The number of methoxy groups -OCH3 is 1. The molecule has 1 aromatic rings. The quantitative estimate of drug-likeness (QED) is 0.371. The number of halogens is 2. The van der Waals surface area contributed by atoms with Crippen LogP contribution in [0.25, 0.3) is 0 Å². The SMILES string of the molecule is COCCNC(=O)C(=O)N/N=C/c1c(Cl)cccc1Cl. The van der Waals surface area contributed by atoms with E-state index in [0.29, 0.717) is 22.2 Å². The summed E-state index contributed by atoms with van der Waals surface area (Å²) in [7, 11) is 1.49. The van der Waals surface area contributed by atoms with Crippen molar-refractivity contribution in [1.29, 1.82) is 0 Å². The summed E-state index contributed by atoms with van der Waals surface area (Å²) >= 11 is 11.8. The van der Waals surface area contributed by atoms with E-state index in [0.717, 1.165) is 0 Å². The van der Waals surface area contributed by atoms with E-state index in [1.54, 1.807) is 18.2 Å². The molecule has 2 N–H and O–H groups in total. The summed E-state index contributed by atoms with van der Waals surface area (Å²) in [4.78, 5) is 22.6. The van der Waals surface area contributed by atoms with Crippen LogP contribution in [-0.4, -0.2) is 38.3 Å². The third-order valence-corrected chi connectivity index (χ3v) is 2.82. The average molecular weight is 318 g/mol. The highest BCUT2D eigenvalue weighted by molar-refractivity contribution is 6.38. The third-order valence-electron chi connectivity index (χ3n) is 2.16. The predicted molar refractivity (Wildman–Crippen MR) is 77.1 cm³/mol. The average Bonchev–Trinajstić information content (AvgIpc) is 2.42. The number of nitrogens with zero attached hydrogens (tertiary/aromatic N) is 1. The van der Waals surface area contributed by atoms with Gasteiger partial charge in [-0.2, -0.15) is 5.10 Å². The van der Waals surface area contributed by atoms with Crippen LogP contribution in [0, 0.1) is 0 Å². The lowest BCUT2D eigenvalue weighted by Gasteiger charge is -2.03. The van der Waals surface area contributed by atoms with E-state index in [-0.39, 0.29) is 6.54 Å². The van der Waals surface area contributed by atoms with Gasteiger partial charge < -0.3 is 10.1 Å². The van der Waals surface area contributed by atoms with Gasteiger partial charge in [0.2, 0.25) is 0 Å². The fourth-order valence-electron chi connectivity index (χ4n) is 1.19. The summed E-state index contributed by atoms with van der Waals surface area (Å²) in [6.07, 6.45) is 1.27. The van der Waals surface area contributed by atoms with Crippen LogP contribution in [0.3, 0.4) is 0 Å². The fourth-order valence-corrected chi connectivity index (χ4v) is 1.68. The largest absolute Gasteiger partial charge is 0.383 e. The van der Waals surface area contributed by atoms with Crippen molar-refractivity contribution in [1.82, 2.24) is 10.7 Å². The Kier molecular flexibility index (Phi) is 7.00. The number of rotatable bonds is 5. The first-order valence-electron chi connectivity index (χ1n) is 5.60. The van der Waals surface area contributed by atoms with Gasteiger partial charge in [0.25, 0.3) is 0 Å². The van der Waals surface area contributed by atoms with E-state index in [1.807, 2.05) is 0 Å². The molecular formula is C12H13Cl2N3O3. The number of hydrogen-bond donors (Lipinski definition) is 2. The standard InChI is InChI=1S/C12H13Cl2N3O3/c1-20-6-5-15-11(18)12(19)17-16-7-8-9(13)3-2-4-10(8)14/h2-4,7H,5-6H2,1H3,(H,15,18)(H,17,19)/b16-7+. The predicted octanol–water partition coefficient (Wildman–Crippen LogP) is 1.21. The Bertz CT molecular complexity index is 500. The Morgan fingerprint density at radius 3 is 2.55 bits per heavy atom. The summed E-state index contributed by atoms with van der Waals surface area (Å²) in [6, 6.07) is 4.95. The minimum atomic E-state index is -0.888. The first-order chi connectivity index (χ1) is 9.56. The normalized spacial score (nSPS) is 10.6. The summed E-state index contributed by atoms with van der Waals surface area (Å²) < 4.78 is 4.73. The second kappa shape index (κ2) is 8.52. The molecule has 0 unspecified atom stereocenters. The minimum absolute atomic E-state index is 0.239. The van der Waals surface area contributed by atoms with Crippen molar-refractivity contribution >= 4 is 41.2 Å². The molecular weight excluding hydrogens is 305 g/mol. The molecule has 20 heavy (non-hydrogen) atoms. The number of benzene rings is 1. The number of carbonyl (C=O) groups is 2. The molecule has 0 aliphatic rings. The molecule has 1 rings (SSSR count). The molecule has 0 atom stereocenters. The van der Waals surface area contributed by atoms with Crippen LogP contribution in [0.5, 0.6) is 0 Å². The van der Waals surface area contributed by atoms with Gasteiger partial charge in [0.05, 0.1) is 22.9 Å². The van der Waals surface area contributed by atoms with Gasteiger partial charge in [0.15, 0.2) is 0 Å². The highest BCUT2D eigenvalue weighted by Gasteiger charge is 2.11. The maximum absolute atomic E-state index is 11.4. The monoisotopic (exact) mass is 317 g/mol. The molecule has 0 aromatic heterocycles. The number of amides is 2. The molecule has 0 aliphatic carbocycles. The Hall–Kier alpha value is -1.63. The molecule has 108 valence electrons. The van der Waals surface area contributed by atoms with Crippen molar-refractivity contribution < 1.29 is 14.3 Å². The van der Waals surface area contributed by atoms with Crippen LogP contribution in [0.1, 0.15) is 5.56 Å². The topological polar surface area (TPSA) is 79.8 Å². The zero-order chi connectivity index (χ0) is 15.0. The van der Waals surface area contributed by atoms with E-state index in [4.69, 9.17) is 27.9 Å². The smallest absolute Gasteiger partial charge is 0.329 e. The van der Waals surface area contributed by atoms with Crippen LogP contribution in [0.4, 0.5) is 0 Å². The molecule has 0 spiro atoms. The number of ether oxygens (including phenoxy) is 1. The highest BCUT2D eigenvalue weighted by Crippen LogP contribution is 2.21. The van der Waals surface area contributed by atoms with E-state index in [2.05, 4.69) is 15.8 Å². The maximum atomic E-state index is 11.4. The Balaban J connectivity index is 2.52. The van der Waals surface area contributed by atoms with E-state index in [1.165, 1.54) is 13.3 Å². The molecule has 0 fully saturated rings. The molecule has 0 aliphatic heterocycles. The van der Waals surface area contributed by atoms with Gasteiger partial charge in [0, 0.05) is 19.2 Å². The first kappa shape index (κ1) is 16.4. The van der Waals surface area contributed by atoms with Gasteiger partial charge in [-0.3, -0.25) is 9.59 Å². The number of hydrazone groups is 1. The molecule has 1 aromatic carbocycles. The molecule has 8 heteroatoms. The molecule has 0 saturated heterocycles. The van der Waals surface area contributed by atoms with Crippen LogP contribution in [0.2, 0.25) is 10.0 Å². The third kappa shape index (κ3) is 5.16. The lowest BCUT2D eigenvalue weighted by molar-refractivity contribution is -0.139. The Morgan fingerprint density at radius 1 is 1.30 bits per heavy atom. The van der Waals surface area contributed by atoms with Crippen molar-refractivity contribution in [3.8, 4) is 0 Å². The molecule has 0 radical (unpaired) electrons.